The van der Waals surface area contributed by atoms with Crippen molar-refractivity contribution < 1.29 is 14.3 Å². The average molecular weight is 327 g/mol. The van der Waals surface area contributed by atoms with Gasteiger partial charge >= 0.3 is 5.97 Å². The third kappa shape index (κ3) is 4.25. The Morgan fingerprint density at radius 3 is 2.42 bits per heavy atom. The van der Waals surface area contributed by atoms with Gasteiger partial charge in [0.25, 0.3) is 5.91 Å². The summed E-state index contributed by atoms with van der Waals surface area (Å²) in [4.78, 5) is 27.0. The van der Waals surface area contributed by atoms with E-state index in [-0.39, 0.29) is 5.91 Å². The highest BCUT2D eigenvalue weighted by Gasteiger charge is 2.30. The lowest BCUT2D eigenvalue weighted by molar-refractivity contribution is -0.157. The molecule has 24 heavy (non-hydrogen) atoms. The van der Waals surface area contributed by atoms with Gasteiger partial charge in [-0.3, -0.25) is 4.79 Å². The fourth-order valence-electron chi connectivity index (χ4n) is 3.16. The lowest BCUT2D eigenvalue weighted by atomic mass is 10.1. The predicted octanol–water partition coefficient (Wildman–Crippen LogP) is 3.64. The van der Waals surface area contributed by atoms with Crippen molar-refractivity contribution >= 4 is 11.9 Å². The van der Waals surface area contributed by atoms with Gasteiger partial charge in [0, 0.05) is 24.7 Å². The standard InChI is InChI=1S/C20H25NO3/c1-15(16-10-11-16)14-18(22)24-19(17-8-4-2-5-9-17)20(23)21-12-6-3-7-13-21/h2,4-5,8-9,14,16,19H,3,6-7,10-13H2,1H3/b15-14+. The first-order valence-electron chi connectivity index (χ1n) is 8.87. The fraction of sp³-hybridized carbons (Fsp3) is 0.500. The van der Waals surface area contributed by atoms with Gasteiger partial charge < -0.3 is 9.64 Å². The van der Waals surface area contributed by atoms with Crippen molar-refractivity contribution in [3.8, 4) is 0 Å². The van der Waals surface area contributed by atoms with E-state index in [2.05, 4.69) is 0 Å². The highest BCUT2D eigenvalue weighted by Crippen LogP contribution is 2.36. The Bertz CT molecular complexity index is 613. The van der Waals surface area contributed by atoms with Gasteiger partial charge in [0.2, 0.25) is 6.10 Å². The second kappa shape index (κ2) is 7.65. The summed E-state index contributed by atoms with van der Waals surface area (Å²) in [5, 5.41) is 0. The summed E-state index contributed by atoms with van der Waals surface area (Å²) in [6.45, 7) is 3.45. The largest absolute Gasteiger partial charge is 0.444 e. The maximum Gasteiger partial charge on any atom is 0.331 e. The van der Waals surface area contributed by atoms with Gasteiger partial charge in [-0.25, -0.2) is 4.79 Å². The Hall–Kier alpha value is -2.10. The quantitative estimate of drug-likeness (QED) is 0.613. The first-order valence-corrected chi connectivity index (χ1v) is 8.87. The summed E-state index contributed by atoms with van der Waals surface area (Å²) in [5.74, 6) is -0.00383. The van der Waals surface area contributed by atoms with E-state index >= 15 is 0 Å². The van der Waals surface area contributed by atoms with Crippen LogP contribution < -0.4 is 0 Å². The monoisotopic (exact) mass is 327 g/mol. The number of ether oxygens (including phenoxy) is 1. The van der Waals surface area contributed by atoms with Crippen LogP contribution in [0.1, 0.15) is 50.7 Å². The zero-order valence-electron chi connectivity index (χ0n) is 14.2. The zero-order chi connectivity index (χ0) is 16.9. The van der Waals surface area contributed by atoms with E-state index < -0.39 is 12.1 Å². The molecule has 1 atom stereocenters. The van der Waals surface area contributed by atoms with Crippen LogP contribution in [-0.2, 0) is 14.3 Å². The number of benzene rings is 1. The molecule has 1 aromatic rings. The van der Waals surface area contributed by atoms with Crippen LogP contribution >= 0.6 is 0 Å². The lowest BCUT2D eigenvalue weighted by Crippen LogP contribution is -2.40. The Morgan fingerprint density at radius 2 is 1.79 bits per heavy atom. The van der Waals surface area contributed by atoms with Crippen molar-refractivity contribution in [3.63, 3.8) is 0 Å². The van der Waals surface area contributed by atoms with E-state index in [0.29, 0.717) is 5.92 Å². The summed E-state index contributed by atoms with van der Waals surface area (Å²) in [6.07, 6.45) is 6.18. The molecule has 128 valence electrons. The maximum absolute atomic E-state index is 12.9. The van der Waals surface area contributed by atoms with Crippen LogP contribution in [0.15, 0.2) is 42.0 Å². The number of hydrogen-bond donors (Lipinski definition) is 0. The third-order valence-electron chi connectivity index (χ3n) is 4.80. The number of rotatable bonds is 5. The number of likely N-dealkylation sites (tertiary alicyclic amines) is 1. The number of hydrogen-bond acceptors (Lipinski definition) is 3. The molecule has 1 heterocycles. The number of amides is 1. The van der Waals surface area contributed by atoms with Crippen LogP contribution in [-0.4, -0.2) is 29.9 Å². The van der Waals surface area contributed by atoms with Crippen LogP contribution in [0.4, 0.5) is 0 Å². The molecule has 3 rings (SSSR count). The van der Waals surface area contributed by atoms with E-state index in [4.69, 9.17) is 4.74 Å². The molecule has 1 saturated heterocycles. The molecule has 1 unspecified atom stereocenters. The van der Waals surface area contributed by atoms with Crippen LogP contribution in [0.3, 0.4) is 0 Å². The number of nitrogens with zero attached hydrogens (tertiary/aromatic N) is 1. The van der Waals surface area contributed by atoms with Gasteiger partial charge in [0.1, 0.15) is 0 Å². The van der Waals surface area contributed by atoms with Crippen LogP contribution in [0.25, 0.3) is 0 Å². The summed E-state index contributed by atoms with van der Waals surface area (Å²) in [6, 6.07) is 9.31. The minimum Gasteiger partial charge on any atom is -0.444 e. The van der Waals surface area contributed by atoms with Gasteiger partial charge in [0.15, 0.2) is 0 Å². The van der Waals surface area contributed by atoms with Crippen molar-refractivity contribution in [3.05, 3.63) is 47.5 Å². The maximum atomic E-state index is 12.9. The number of esters is 1. The number of allylic oxidation sites excluding steroid dienone is 1. The Kier molecular flexibility index (Phi) is 5.34. The molecule has 1 aromatic carbocycles. The van der Waals surface area contributed by atoms with Crippen LogP contribution in [0.2, 0.25) is 0 Å². The molecule has 0 N–H and O–H groups in total. The number of carbonyl (C=O) groups excluding carboxylic acids is 2. The van der Waals surface area contributed by atoms with Gasteiger partial charge in [-0.05, 0) is 44.9 Å². The van der Waals surface area contributed by atoms with Gasteiger partial charge in [0.05, 0.1) is 0 Å². The van der Waals surface area contributed by atoms with Crippen LogP contribution in [0, 0.1) is 5.92 Å². The second-order valence-electron chi connectivity index (χ2n) is 6.78. The molecule has 0 spiro atoms. The number of piperidine rings is 1. The lowest BCUT2D eigenvalue weighted by Gasteiger charge is -2.30. The van der Waals surface area contributed by atoms with Gasteiger partial charge in [-0.2, -0.15) is 0 Å². The molecule has 1 aliphatic carbocycles. The molecule has 4 heteroatoms. The second-order valence-corrected chi connectivity index (χ2v) is 6.78. The van der Waals surface area contributed by atoms with Crippen molar-refractivity contribution in [2.45, 2.75) is 45.1 Å². The van der Waals surface area contributed by atoms with E-state index in [0.717, 1.165) is 56.3 Å². The van der Waals surface area contributed by atoms with Crippen molar-refractivity contribution in [2.24, 2.45) is 5.92 Å². The van der Waals surface area contributed by atoms with Crippen molar-refractivity contribution in [2.75, 3.05) is 13.1 Å². The third-order valence-corrected chi connectivity index (χ3v) is 4.80. The SMILES string of the molecule is C/C(=C\C(=O)OC(C(=O)N1CCCCC1)c1ccccc1)C1CC1. The summed E-state index contributed by atoms with van der Waals surface area (Å²) in [5.41, 5.74) is 1.79. The van der Waals surface area contributed by atoms with Gasteiger partial charge in [-0.1, -0.05) is 35.9 Å². The zero-order valence-corrected chi connectivity index (χ0v) is 14.2. The van der Waals surface area contributed by atoms with Gasteiger partial charge in [-0.15, -0.1) is 0 Å². The first-order chi connectivity index (χ1) is 11.6. The smallest absolute Gasteiger partial charge is 0.331 e. The highest BCUT2D eigenvalue weighted by molar-refractivity contribution is 5.89. The Balaban J connectivity index is 1.75. The molecule has 2 fully saturated rings. The first kappa shape index (κ1) is 16.7. The number of carbonyl (C=O) groups is 2. The normalized spacial score (nSPS) is 19.7. The molecule has 0 aromatic heterocycles. The minimum atomic E-state index is -0.847. The van der Waals surface area contributed by atoms with E-state index in [1.54, 1.807) is 6.08 Å². The molecular formula is C20H25NO3. The predicted molar refractivity (Wildman–Crippen MR) is 92.2 cm³/mol. The molecule has 4 nitrogen and oxygen atoms in total. The molecule has 0 bridgehead atoms. The average Bonchev–Trinajstić information content (AvgIpc) is 3.46. The minimum absolute atomic E-state index is 0.105. The van der Waals surface area contributed by atoms with Crippen molar-refractivity contribution in [1.82, 2.24) is 4.90 Å². The Labute approximate surface area is 143 Å². The highest BCUT2D eigenvalue weighted by atomic mass is 16.5. The molecule has 1 amide bonds. The van der Waals surface area contributed by atoms with E-state index in [1.165, 1.54) is 0 Å². The fourth-order valence-corrected chi connectivity index (χ4v) is 3.16. The molecule has 1 aliphatic heterocycles. The van der Waals surface area contributed by atoms with E-state index in [1.807, 2.05) is 42.2 Å². The molecule has 1 saturated carbocycles. The summed E-state index contributed by atoms with van der Waals surface area (Å²) >= 11 is 0. The Morgan fingerprint density at radius 1 is 1.12 bits per heavy atom. The topological polar surface area (TPSA) is 46.6 Å². The molecule has 0 radical (unpaired) electrons. The molecule has 2 aliphatic rings. The van der Waals surface area contributed by atoms with Crippen molar-refractivity contribution in [1.29, 1.82) is 0 Å². The molecular weight excluding hydrogens is 302 g/mol. The summed E-state index contributed by atoms with van der Waals surface area (Å²) in [7, 11) is 0. The van der Waals surface area contributed by atoms with E-state index in [9.17, 15) is 9.59 Å². The van der Waals surface area contributed by atoms with Crippen LogP contribution in [0.5, 0.6) is 0 Å². The summed E-state index contributed by atoms with van der Waals surface area (Å²) < 4.78 is 5.59.